The molecule has 0 aliphatic heterocycles. The molecule has 18 heavy (non-hydrogen) atoms. The third kappa shape index (κ3) is 3.33. The van der Waals surface area contributed by atoms with Crippen molar-refractivity contribution in [2.24, 2.45) is 11.1 Å². The van der Waals surface area contributed by atoms with Crippen molar-refractivity contribution in [1.29, 1.82) is 0 Å². The zero-order chi connectivity index (χ0) is 13.9. The van der Waals surface area contributed by atoms with Crippen LogP contribution in [0.15, 0.2) is 18.2 Å². The summed E-state index contributed by atoms with van der Waals surface area (Å²) in [5.41, 5.74) is 8.78. The maximum absolute atomic E-state index is 12.2. The van der Waals surface area contributed by atoms with Gasteiger partial charge < -0.3 is 10.6 Å². The van der Waals surface area contributed by atoms with Gasteiger partial charge in [0.1, 0.15) is 0 Å². The monoisotopic (exact) mass is 248 g/mol. The van der Waals surface area contributed by atoms with E-state index in [0.717, 1.165) is 0 Å². The number of benzene rings is 1. The van der Waals surface area contributed by atoms with Gasteiger partial charge in [-0.25, -0.2) is 0 Å². The normalized spacial score (nSPS) is 11.4. The summed E-state index contributed by atoms with van der Waals surface area (Å²) in [6, 6.07) is 6.32. The van der Waals surface area contributed by atoms with Gasteiger partial charge in [-0.3, -0.25) is 4.79 Å². The van der Waals surface area contributed by atoms with Crippen LogP contribution in [-0.2, 0) is 11.3 Å². The van der Waals surface area contributed by atoms with Gasteiger partial charge in [-0.15, -0.1) is 0 Å². The van der Waals surface area contributed by atoms with E-state index in [1.807, 2.05) is 20.9 Å². The van der Waals surface area contributed by atoms with E-state index in [4.69, 9.17) is 5.73 Å². The zero-order valence-corrected chi connectivity index (χ0v) is 12.1. The molecule has 0 saturated carbocycles. The Kier molecular flexibility index (Phi) is 4.52. The fourth-order valence-corrected chi connectivity index (χ4v) is 1.90. The van der Waals surface area contributed by atoms with Crippen LogP contribution in [0.1, 0.15) is 30.5 Å². The molecule has 0 spiro atoms. The molecule has 2 N–H and O–H groups in total. The number of rotatable bonds is 4. The lowest BCUT2D eigenvalue weighted by atomic mass is 9.91. The molecule has 0 aromatic heterocycles. The minimum atomic E-state index is -0.494. The summed E-state index contributed by atoms with van der Waals surface area (Å²) in [4.78, 5) is 14.0. The number of carbonyl (C=O) groups excluding carboxylic acids is 1. The van der Waals surface area contributed by atoms with E-state index in [-0.39, 0.29) is 5.91 Å². The Balaban J connectivity index is 2.85. The minimum absolute atomic E-state index is 0.0888. The molecule has 0 bridgehead atoms. The first-order valence-corrected chi connectivity index (χ1v) is 6.29. The largest absolute Gasteiger partial charge is 0.341 e. The maximum atomic E-state index is 12.2. The number of nitrogens with two attached hydrogens (primary N) is 1. The fraction of sp³-hybridized carbons (Fsp3) is 0.533. The van der Waals surface area contributed by atoms with Gasteiger partial charge in [0.05, 0.1) is 5.41 Å². The van der Waals surface area contributed by atoms with Gasteiger partial charge >= 0.3 is 0 Å². The highest BCUT2D eigenvalue weighted by Gasteiger charge is 2.28. The topological polar surface area (TPSA) is 46.3 Å². The van der Waals surface area contributed by atoms with Crippen molar-refractivity contribution < 1.29 is 4.79 Å². The highest BCUT2D eigenvalue weighted by atomic mass is 16.2. The van der Waals surface area contributed by atoms with Gasteiger partial charge in [-0.2, -0.15) is 0 Å². The Morgan fingerprint density at radius 2 is 1.94 bits per heavy atom. The van der Waals surface area contributed by atoms with E-state index >= 15 is 0 Å². The number of nitrogens with zero attached hydrogens (tertiary/aromatic N) is 1. The lowest BCUT2D eigenvalue weighted by Gasteiger charge is -2.28. The molecular weight excluding hydrogens is 224 g/mol. The summed E-state index contributed by atoms with van der Waals surface area (Å²) in [7, 11) is 1.83. The molecule has 0 aliphatic carbocycles. The fourth-order valence-electron chi connectivity index (χ4n) is 1.90. The molecule has 0 radical (unpaired) electrons. The molecule has 1 aromatic carbocycles. The molecule has 0 saturated heterocycles. The molecular formula is C15H24N2O. The Bertz CT molecular complexity index is 438. The van der Waals surface area contributed by atoms with Crippen molar-refractivity contribution in [3.8, 4) is 0 Å². The standard InChI is InChI=1S/C15H24N2O/c1-11-6-7-12(2)13(8-11)9-17(5)14(18)15(3,4)10-16/h6-8H,9-10,16H2,1-5H3. The molecule has 1 amide bonds. The highest BCUT2D eigenvalue weighted by molar-refractivity contribution is 5.82. The molecule has 100 valence electrons. The van der Waals surface area contributed by atoms with Crippen LogP contribution < -0.4 is 5.73 Å². The first-order chi connectivity index (χ1) is 8.27. The van der Waals surface area contributed by atoms with Crippen LogP contribution in [0.2, 0.25) is 0 Å². The van der Waals surface area contributed by atoms with Gasteiger partial charge in [0.25, 0.3) is 0 Å². The Labute approximate surface area is 110 Å². The van der Waals surface area contributed by atoms with Crippen LogP contribution in [0.3, 0.4) is 0 Å². The quantitative estimate of drug-likeness (QED) is 0.888. The average molecular weight is 248 g/mol. The van der Waals surface area contributed by atoms with E-state index in [0.29, 0.717) is 13.1 Å². The van der Waals surface area contributed by atoms with Gasteiger partial charge in [-0.05, 0) is 38.8 Å². The third-order valence-corrected chi connectivity index (χ3v) is 3.35. The van der Waals surface area contributed by atoms with Crippen LogP contribution in [-0.4, -0.2) is 24.4 Å². The minimum Gasteiger partial charge on any atom is -0.341 e. The smallest absolute Gasteiger partial charge is 0.229 e. The SMILES string of the molecule is Cc1ccc(C)c(CN(C)C(=O)C(C)(C)CN)c1. The second-order valence-electron chi connectivity index (χ2n) is 5.68. The number of carbonyl (C=O) groups is 1. The highest BCUT2D eigenvalue weighted by Crippen LogP contribution is 2.19. The molecule has 1 rings (SSSR count). The number of aryl methyl sites for hydroxylation is 2. The Morgan fingerprint density at radius 3 is 2.50 bits per heavy atom. The average Bonchev–Trinajstić information content (AvgIpc) is 2.32. The summed E-state index contributed by atoms with van der Waals surface area (Å²) in [6.07, 6.45) is 0. The van der Waals surface area contributed by atoms with Crippen LogP contribution in [0, 0.1) is 19.3 Å². The lowest BCUT2D eigenvalue weighted by molar-refractivity contribution is -0.139. The first kappa shape index (κ1) is 14.7. The molecule has 3 heteroatoms. The van der Waals surface area contributed by atoms with Gasteiger partial charge in [0, 0.05) is 20.1 Å². The number of hydrogen-bond acceptors (Lipinski definition) is 2. The Morgan fingerprint density at radius 1 is 1.33 bits per heavy atom. The third-order valence-electron chi connectivity index (χ3n) is 3.35. The zero-order valence-electron chi connectivity index (χ0n) is 12.1. The molecule has 0 atom stereocenters. The summed E-state index contributed by atoms with van der Waals surface area (Å²) in [6.45, 7) is 8.90. The van der Waals surface area contributed by atoms with E-state index in [9.17, 15) is 4.79 Å². The molecule has 3 nitrogen and oxygen atoms in total. The van der Waals surface area contributed by atoms with Gasteiger partial charge in [0.15, 0.2) is 0 Å². The van der Waals surface area contributed by atoms with Crippen LogP contribution in [0.5, 0.6) is 0 Å². The molecule has 0 heterocycles. The van der Waals surface area contributed by atoms with Crippen LogP contribution in [0.4, 0.5) is 0 Å². The van der Waals surface area contributed by atoms with Crippen molar-refractivity contribution in [2.75, 3.05) is 13.6 Å². The predicted octanol–water partition coefficient (Wildman–Crippen LogP) is 2.25. The van der Waals surface area contributed by atoms with Gasteiger partial charge in [0.2, 0.25) is 5.91 Å². The first-order valence-electron chi connectivity index (χ1n) is 6.29. The van der Waals surface area contributed by atoms with Crippen molar-refractivity contribution in [3.05, 3.63) is 34.9 Å². The van der Waals surface area contributed by atoms with E-state index in [2.05, 4.69) is 32.0 Å². The second kappa shape index (κ2) is 5.53. The van der Waals surface area contributed by atoms with Crippen LogP contribution in [0.25, 0.3) is 0 Å². The van der Waals surface area contributed by atoms with Crippen molar-refractivity contribution in [3.63, 3.8) is 0 Å². The molecule has 1 aromatic rings. The van der Waals surface area contributed by atoms with Crippen molar-refractivity contribution in [2.45, 2.75) is 34.2 Å². The number of hydrogen-bond donors (Lipinski definition) is 1. The molecule has 0 aliphatic rings. The Hall–Kier alpha value is -1.35. The van der Waals surface area contributed by atoms with E-state index in [1.54, 1.807) is 4.90 Å². The predicted molar refractivity (Wildman–Crippen MR) is 75.2 cm³/mol. The van der Waals surface area contributed by atoms with Crippen molar-refractivity contribution >= 4 is 5.91 Å². The van der Waals surface area contributed by atoms with E-state index < -0.39 is 5.41 Å². The summed E-state index contributed by atoms with van der Waals surface area (Å²) in [5, 5.41) is 0. The lowest BCUT2D eigenvalue weighted by Crippen LogP contribution is -2.42. The van der Waals surface area contributed by atoms with E-state index in [1.165, 1.54) is 16.7 Å². The molecule has 0 fully saturated rings. The van der Waals surface area contributed by atoms with Crippen molar-refractivity contribution in [1.82, 2.24) is 4.90 Å². The van der Waals surface area contributed by atoms with Gasteiger partial charge in [-0.1, -0.05) is 23.8 Å². The second-order valence-corrected chi connectivity index (χ2v) is 5.68. The molecule has 0 unspecified atom stereocenters. The number of amides is 1. The summed E-state index contributed by atoms with van der Waals surface area (Å²) >= 11 is 0. The summed E-state index contributed by atoms with van der Waals surface area (Å²) < 4.78 is 0. The maximum Gasteiger partial charge on any atom is 0.229 e. The summed E-state index contributed by atoms with van der Waals surface area (Å²) in [5.74, 6) is 0.0888. The van der Waals surface area contributed by atoms with Crippen LogP contribution >= 0.6 is 0 Å².